The van der Waals surface area contributed by atoms with Crippen molar-refractivity contribution in [2.24, 2.45) is 11.5 Å². The van der Waals surface area contributed by atoms with E-state index in [1.165, 1.54) is 16.7 Å². The van der Waals surface area contributed by atoms with Gasteiger partial charge in [0.25, 0.3) is 0 Å². The van der Waals surface area contributed by atoms with Crippen LogP contribution in [-0.4, -0.2) is 46.6 Å². The van der Waals surface area contributed by atoms with Gasteiger partial charge in [0.2, 0.25) is 5.91 Å². The molecule has 10 heteroatoms. The van der Waals surface area contributed by atoms with Gasteiger partial charge in [-0.3, -0.25) is 9.69 Å². The lowest BCUT2D eigenvalue weighted by molar-refractivity contribution is -0.153. The number of amides is 2. The van der Waals surface area contributed by atoms with Crippen molar-refractivity contribution < 1.29 is 23.9 Å². The Labute approximate surface area is 195 Å². The topological polar surface area (TPSA) is 125 Å². The molecule has 2 aromatic rings. The lowest BCUT2D eigenvalue weighted by Crippen LogP contribution is -2.68. The fourth-order valence-corrected chi connectivity index (χ4v) is 4.86. The Morgan fingerprint density at radius 2 is 1.62 bits per heavy atom. The zero-order chi connectivity index (χ0) is 22.0. The van der Waals surface area contributed by atoms with Gasteiger partial charge in [-0.25, -0.2) is 9.59 Å². The molecule has 4 N–H and O–H groups in total. The molecule has 2 aliphatic rings. The Bertz CT molecular complexity index is 995. The minimum Gasteiger partial charge on any atom is -0.448 e. The highest BCUT2D eigenvalue weighted by Crippen LogP contribution is 2.40. The molecule has 0 unspecified atom stereocenters. The minimum atomic E-state index is -0.967. The Morgan fingerprint density at radius 1 is 1.06 bits per heavy atom. The quantitative estimate of drug-likeness (QED) is 0.485. The maximum Gasteiger partial charge on any atom is 0.404 e. The third-order valence-electron chi connectivity index (χ3n) is 5.10. The van der Waals surface area contributed by atoms with E-state index in [4.69, 9.17) is 20.9 Å². The van der Waals surface area contributed by atoms with Gasteiger partial charge in [0, 0.05) is 11.3 Å². The number of nitrogens with two attached hydrogens (primary N) is 2. The van der Waals surface area contributed by atoms with Crippen molar-refractivity contribution in [3.05, 3.63) is 83.1 Å². The van der Waals surface area contributed by atoms with Crippen LogP contribution in [0.3, 0.4) is 0 Å². The number of rotatable bonds is 6. The highest BCUT2D eigenvalue weighted by atomic mass is 35.5. The molecule has 1 fully saturated rings. The molecule has 2 heterocycles. The van der Waals surface area contributed by atoms with Gasteiger partial charge < -0.3 is 20.9 Å². The number of carbonyl (C=O) groups excluding carboxylic acids is 3. The summed E-state index contributed by atoms with van der Waals surface area (Å²) >= 11 is 1.40. The Morgan fingerprint density at radius 3 is 2.16 bits per heavy atom. The fraction of sp³-hybridized carbons (Fsp3) is 0.227. The van der Waals surface area contributed by atoms with Crippen LogP contribution in [0.15, 0.2) is 71.9 Å². The highest BCUT2D eigenvalue weighted by molar-refractivity contribution is 8.00. The molecule has 8 nitrogen and oxygen atoms in total. The van der Waals surface area contributed by atoms with Gasteiger partial charge in [-0.1, -0.05) is 60.7 Å². The molecule has 1 saturated heterocycles. The molecular formula is C22H22ClN3O5S. The van der Waals surface area contributed by atoms with Gasteiger partial charge in [0.15, 0.2) is 6.10 Å². The number of hydrogen-bond donors (Lipinski definition) is 2. The number of hydrogen-bond acceptors (Lipinski definition) is 7. The number of β-lactam (4-membered cyclic amide) rings is 1. The van der Waals surface area contributed by atoms with E-state index in [1.807, 2.05) is 60.7 Å². The van der Waals surface area contributed by atoms with Gasteiger partial charge >= 0.3 is 12.1 Å². The molecule has 32 heavy (non-hydrogen) atoms. The molecule has 2 aromatic carbocycles. The molecule has 0 radical (unpaired) electrons. The van der Waals surface area contributed by atoms with Crippen LogP contribution in [0.25, 0.3) is 0 Å². The summed E-state index contributed by atoms with van der Waals surface area (Å²) in [7, 11) is 0. The summed E-state index contributed by atoms with van der Waals surface area (Å²) in [5.74, 6) is -0.704. The Kier molecular flexibility index (Phi) is 7.44. The van der Waals surface area contributed by atoms with Crippen LogP contribution < -0.4 is 11.5 Å². The zero-order valence-corrected chi connectivity index (χ0v) is 18.5. The highest BCUT2D eigenvalue weighted by Gasteiger charge is 2.52. The average molecular weight is 476 g/mol. The second-order valence-corrected chi connectivity index (χ2v) is 8.21. The summed E-state index contributed by atoms with van der Waals surface area (Å²) < 4.78 is 10.8. The largest absolute Gasteiger partial charge is 0.448 e. The predicted octanol–water partition coefficient (Wildman–Crippen LogP) is 2.33. The van der Waals surface area contributed by atoms with Crippen LogP contribution in [0.4, 0.5) is 4.79 Å². The van der Waals surface area contributed by atoms with Gasteiger partial charge in [-0.2, -0.15) is 0 Å². The molecule has 0 spiro atoms. The monoisotopic (exact) mass is 475 g/mol. The van der Waals surface area contributed by atoms with Gasteiger partial charge in [-0.05, 0) is 11.1 Å². The summed E-state index contributed by atoms with van der Waals surface area (Å²) in [6.45, 7) is -0.208. The molecule has 0 saturated carbocycles. The van der Waals surface area contributed by atoms with Crippen LogP contribution in [-0.2, 0) is 19.1 Å². The third kappa shape index (κ3) is 4.59. The van der Waals surface area contributed by atoms with Crippen LogP contribution in [0.2, 0.25) is 0 Å². The smallest absolute Gasteiger partial charge is 0.404 e. The molecule has 2 atom stereocenters. The molecular weight excluding hydrogens is 454 g/mol. The van der Waals surface area contributed by atoms with Gasteiger partial charge in [-0.15, -0.1) is 24.2 Å². The van der Waals surface area contributed by atoms with E-state index in [1.54, 1.807) is 0 Å². The number of primary amides is 1. The number of halogens is 1. The number of esters is 1. The van der Waals surface area contributed by atoms with Crippen molar-refractivity contribution in [1.82, 2.24) is 4.90 Å². The average Bonchev–Trinajstić information content (AvgIpc) is 2.80. The summed E-state index contributed by atoms with van der Waals surface area (Å²) in [4.78, 5) is 38.2. The second kappa shape index (κ2) is 10.1. The number of fused-ring (bicyclic) bond motifs is 1. The normalized spacial score (nSPS) is 19.6. The van der Waals surface area contributed by atoms with Gasteiger partial charge in [0.1, 0.15) is 23.7 Å². The van der Waals surface area contributed by atoms with Crippen LogP contribution in [0.5, 0.6) is 0 Å². The van der Waals surface area contributed by atoms with Gasteiger partial charge in [0.05, 0.1) is 0 Å². The summed E-state index contributed by atoms with van der Waals surface area (Å²) in [5, 5.41) is -0.362. The maximum absolute atomic E-state index is 13.4. The lowest BCUT2D eigenvalue weighted by atomic mass is 10.0. The predicted molar refractivity (Wildman–Crippen MR) is 122 cm³/mol. The van der Waals surface area contributed by atoms with Crippen molar-refractivity contribution in [3.63, 3.8) is 0 Å². The van der Waals surface area contributed by atoms with E-state index < -0.39 is 24.2 Å². The van der Waals surface area contributed by atoms with Crippen LogP contribution in [0.1, 0.15) is 17.2 Å². The van der Waals surface area contributed by atoms with Crippen molar-refractivity contribution in [2.45, 2.75) is 17.5 Å². The van der Waals surface area contributed by atoms with Crippen LogP contribution >= 0.6 is 24.2 Å². The third-order valence-corrected chi connectivity index (χ3v) is 6.46. The Hall–Kier alpha value is -3.01. The molecule has 2 amide bonds. The lowest BCUT2D eigenvalue weighted by Gasteiger charge is -2.48. The number of thioether (sulfide) groups is 1. The summed E-state index contributed by atoms with van der Waals surface area (Å²) in [5.41, 5.74) is 13.1. The van der Waals surface area contributed by atoms with Crippen molar-refractivity contribution in [1.29, 1.82) is 0 Å². The van der Waals surface area contributed by atoms with E-state index in [2.05, 4.69) is 0 Å². The Balaban J connectivity index is 0.00000289. The van der Waals surface area contributed by atoms with E-state index in [0.717, 1.165) is 11.1 Å². The summed E-state index contributed by atoms with van der Waals surface area (Å²) in [6.07, 6.45) is -1.65. The van der Waals surface area contributed by atoms with E-state index >= 15 is 0 Å². The van der Waals surface area contributed by atoms with E-state index in [9.17, 15) is 14.4 Å². The van der Waals surface area contributed by atoms with Crippen molar-refractivity contribution in [2.75, 3.05) is 12.4 Å². The van der Waals surface area contributed by atoms with Crippen LogP contribution in [0, 0.1) is 0 Å². The number of ether oxygens (including phenoxy) is 2. The minimum absolute atomic E-state index is 0. The standard InChI is InChI=1S/C22H21N3O5S.ClH/c23-16-19(26)25-17(15(11-29-22(24)28)12-31-20(16)25)21(27)30-18(13-7-3-1-4-8-13)14-9-5-2-6-10-14;/h1-10,16,18,20H,11-12,23H2,(H2,24,28);1H/t16-,20-;/m1./s1. The second-order valence-electron chi connectivity index (χ2n) is 7.10. The molecule has 168 valence electrons. The molecule has 0 aromatic heterocycles. The molecule has 0 bridgehead atoms. The number of nitrogens with zero attached hydrogens (tertiary/aromatic N) is 1. The van der Waals surface area contributed by atoms with E-state index in [0.29, 0.717) is 11.3 Å². The summed E-state index contributed by atoms with van der Waals surface area (Å²) in [6, 6.07) is 17.9. The van der Waals surface area contributed by atoms with E-state index in [-0.39, 0.29) is 36.0 Å². The fourth-order valence-electron chi connectivity index (χ4n) is 3.58. The first-order chi connectivity index (χ1) is 15.0. The first kappa shape index (κ1) is 23.6. The molecule has 2 aliphatic heterocycles. The SMILES string of the molecule is Cl.NC(=O)OCC1=C(C(=O)OC(c2ccccc2)c2ccccc2)N2C(=O)[C@@H](N)[C@H]2SC1. The molecule has 0 aliphatic carbocycles. The van der Waals surface area contributed by atoms with Crippen molar-refractivity contribution >= 4 is 42.1 Å². The molecule has 4 rings (SSSR count). The first-order valence-corrected chi connectivity index (χ1v) is 10.7. The zero-order valence-electron chi connectivity index (χ0n) is 16.9. The maximum atomic E-state index is 13.4. The first-order valence-electron chi connectivity index (χ1n) is 9.62. The van der Waals surface area contributed by atoms with Crippen molar-refractivity contribution in [3.8, 4) is 0 Å². The number of benzene rings is 2. The number of carbonyl (C=O) groups is 3.